The molecule has 5 heteroatoms. The van der Waals surface area contributed by atoms with Crippen LogP contribution in [0.25, 0.3) is 0 Å². The van der Waals surface area contributed by atoms with Gasteiger partial charge in [0.05, 0.1) is 11.8 Å². The van der Waals surface area contributed by atoms with Gasteiger partial charge in [0.15, 0.2) is 0 Å². The second-order valence-corrected chi connectivity index (χ2v) is 7.68. The maximum Gasteiger partial charge on any atom is 0.235 e. The van der Waals surface area contributed by atoms with Gasteiger partial charge in [-0.1, -0.05) is 30.4 Å². The molecular formula is C20H20N2O3. The van der Waals surface area contributed by atoms with Crippen LogP contribution in [-0.4, -0.2) is 29.3 Å². The van der Waals surface area contributed by atoms with Crippen LogP contribution in [0.2, 0.25) is 0 Å². The molecule has 0 spiro atoms. The van der Waals surface area contributed by atoms with E-state index in [2.05, 4.69) is 12.2 Å². The minimum atomic E-state index is -0.212. The summed E-state index contributed by atoms with van der Waals surface area (Å²) in [5, 5.41) is 0. The fraction of sp³-hybridized carbons (Fsp3) is 0.450. The Bertz CT molecular complexity index is 766. The topological polar surface area (TPSA) is 57.7 Å². The van der Waals surface area contributed by atoms with Crippen molar-refractivity contribution in [1.82, 2.24) is 4.90 Å². The Balaban J connectivity index is 1.45. The van der Waals surface area contributed by atoms with E-state index in [1.54, 1.807) is 0 Å². The highest BCUT2D eigenvalue weighted by atomic mass is 16.2. The van der Waals surface area contributed by atoms with Crippen LogP contribution in [-0.2, 0) is 14.4 Å². The van der Waals surface area contributed by atoms with E-state index in [-0.39, 0.29) is 48.1 Å². The Labute approximate surface area is 146 Å². The number of amides is 3. The molecular weight excluding hydrogens is 316 g/mol. The molecule has 1 aromatic rings. The summed E-state index contributed by atoms with van der Waals surface area (Å²) in [4.78, 5) is 41.0. The molecule has 5 aliphatic rings. The molecule has 128 valence electrons. The van der Waals surface area contributed by atoms with Gasteiger partial charge in [0.2, 0.25) is 17.7 Å². The first-order chi connectivity index (χ1) is 12.1. The maximum atomic E-state index is 13.0. The number of allylic oxidation sites excluding steroid dienone is 2. The standard InChI is InChI=1S/C20H20N2O3/c1-11(23)21(12-5-3-2-4-6-12)10-22-19(24)17-13-7-8-14(16-9-15(13)16)18(17)20(22)25/h2-8,13-18H,9-10H2,1H3/t13-,14-,15-,16+,17-,18-/m1/s1. The van der Waals surface area contributed by atoms with Gasteiger partial charge in [-0.2, -0.15) is 0 Å². The number of benzene rings is 1. The van der Waals surface area contributed by atoms with Gasteiger partial charge in [0, 0.05) is 12.6 Å². The zero-order valence-electron chi connectivity index (χ0n) is 14.0. The fourth-order valence-electron chi connectivity index (χ4n) is 5.27. The van der Waals surface area contributed by atoms with E-state index in [4.69, 9.17) is 0 Å². The summed E-state index contributed by atoms with van der Waals surface area (Å²) < 4.78 is 0. The SMILES string of the molecule is CC(=O)N(CN1C(=O)[C@@H]2[C@@H]3C=C[C@H]([C@@H]4C[C@H]34)[C@H]2C1=O)c1ccccc1. The lowest BCUT2D eigenvalue weighted by molar-refractivity contribution is -0.140. The molecule has 0 N–H and O–H groups in total. The largest absolute Gasteiger partial charge is 0.294 e. The lowest BCUT2D eigenvalue weighted by Crippen LogP contribution is -2.44. The number of anilines is 1. The number of hydrogen-bond acceptors (Lipinski definition) is 3. The highest BCUT2D eigenvalue weighted by molar-refractivity contribution is 6.07. The molecule has 6 atom stereocenters. The van der Waals surface area contributed by atoms with Crippen molar-refractivity contribution in [1.29, 1.82) is 0 Å². The van der Waals surface area contributed by atoms with Crippen molar-refractivity contribution in [2.75, 3.05) is 11.6 Å². The minimum absolute atomic E-state index is 0.0127. The van der Waals surface area contributed by atoms with E-state index in [0.717, 1.165) is 6.42 Å². The molecule has 4 aliphatic carbocycles. The Kier molecular flexibility index (Phi) is 3.00. The number of carbonyl (C=O) groups is 3. The highest BCUT2D eigenvalue weighted by Crippen LogP contribution is 2.65. The third-order valence-electron chi connectivity index (χ3n) is 6.48. The zero-order valence-corrected chi connectivity index (χ0v) is 14.0. The molecule has 1 aromatic carbocycles. The van der Waals surface area contributed by atoms with Gasteiger partial charge in [0.25, 0.3) is 0 Å². The van der Waals surface area contributed by atoms with E-state index in [1.165, 1.54) is 16.7 Å². The number of para-hydroxylation sites is 1. The number of nitrogens with zero attached hydrogens (tertiary/aromatic N) is 2. The van der Waals surface area contributed by atoms with Crippen molar-refractivity contribution in [2.45, 2.75) is 13.3 Å². The van der Waals surface area contributed by atoms with E-state index in [1.807, 2.05) is 30.3 Å². The Morgan fingerprint density at radius 3 is 2.12 bits per heavy atom. The molecule has 0 aromatic heterocycles. The molecule has 5 nitrogen and oxygen atoms in total. The fourth-order valence-corrected chi connectivity index (χ4v) is 5.27. The summed E-state index contributed by atoms with van der Waals surface area (Å²) in [5.41, 5.74) is 0.703. The van der Waals surface area contributed by atoms with Crippen LogP contribution in [0.15, 0.2) is 42.5 Å². The van der Waals surface area contributed by atoms with E-state index < -0.39 is 0 Å². The van der Waals surface area contributed by atoms with Crippen LogP contribution in [0.3, 0.4) is 0 Å². The number of rotatable bonds is 3. The molecule has 0 unspecified atom stereocenters. The van der Waals surface area contributed by atoms with Gasteiger partial charge in [-0.3, -0.25) is 24.2 Å². The van der Waals surface area contributed by atoms with Gasteiger partial charge < -0.3 is 0 Å². The first-order valence-electron chi connectivity index (χ1n) is 8.94. The quantitative estimate of drug-likeness (QED) is 0.627. The molecule has 2 bridgehead atoms. The van der Waals surface area contributed by atoms with Crippen molar-refractivity contribution in [3.05, 3.63) is 42.5 Å². The smallest absolute Gasteiger partial charge is 0.235 e. The van der Waals surface area contributed by atoms with E-state index >= 15 is 0 Å². The van der Waals surface area contributed by atoms with Gasteiger partial charge in [0.1, 0.15) is 6.67 Å². The van der Waals surface area contributed by atoms with E-state index in [9.17, 15) is 14.4 Å². The summed E-state index contributed by atoms with van der Waals surface area (Å²) in [7, 11) is 0. The van der Waals surface area contributed by atoms with Crippen LogP contribution < -0.4 is 4.90 Å². The molecule has 3 amide bonds. The lowest BCUT2D eigenvalue weighted by atomic mass is 9.63. The molecule has 0 radical (unpaired) electrons. The number of hydrogen-bond donors (Lipinski definition) is 0. The zero-order chi connectivity index (χ0) is 17.3. The third-order valence-corrected chi connectivity index (χ3v) is 6.48. The van der Waals surface area contributed by atoms with Crippen molar-refractivity contribution < 1.29 is 14.4 Å². The lowest BCUT2D eigenvalue weighted by Gasteiger charge is -2.37. The average molecular weight is 336 g/mol. The Morgan fingerprint density at radius 2 is 1.60 bits per heavy atom. The van der Waals surface area contributed by atoms with Crippen molar-refractivity contribution >= 4 is 23.4 Å². The molecule has 1 heterocycles. The molecule has 25 heavy (non-hydrogen) atoms. The normalized spacial score (nSPS) is 37.1. The summed E-state index contributed by atoms with van der Waals surface area (Å²) in [5.74, 6) is 0.811. The van der Waals surface area contributed by atoms with Crippen molar-refractivity contribution in [3.63, 3.8) is 0 Å². The van der Waals surface area contributed by atoms with Crippen LogP contribution in [0, 0.1) is 35.5 Å². The molecule has 1 aliphatic heterocycles. The van der Waals surface area contributed by atoms with Gasteiger partial charge >= 0.3 is 0 Å². The monoisotopic (exact) mass is 336 g/mol. The summed E-state index contributed by atoms with van der Waals surface area (Å²) >= 11 is 0. The Morgan fingerprint density at radius 1 is 1.04 bits per heavy atom. The predicted octanol–water partition coefficient (Wildman–Crippen LogP) is 2.05. The highest BCUT2D eigenvalue weighted by Gasteiger charge is 2.67. The predicted molar refractivity (Wildman–Crippen MR) is 91.0 cm³/mol. The maximum absolute atomic E-state index is 13.0. The number of carbonyl (C=O) groups excluding carboxylic acids is 3. The number of imide groups is 1. The second kappa shape index (κ2) is 5.04. The van der Waals surface area contributed by atoms with Crippen LogP contribution >= 0.6 is 0 Å². The van der Waals surface area contributed by atoms with Crippen LogP contribution in [0.4, 0.5) is 5.69 Å². The molecule has 3 fully saturated rings. The molecule has 2 saturated carbocycles. The Hall–Kier alpha value is -2.43. The van der Waals surface area contributed by atoms with Gasteiger partial charge in [-0.25, -0.2) is 0 Å². The summed E-state index contributed by atoms with van der Waals surface area (Å²) in [6.45, 7) is 1.48. The first kappa shape index (κ1) is 14.9. The summed E-state index contributed by atoms with van der Waals surface area (Å²) in [6.07, 6.45) is 5.47. The van der Waals surface area contributed by atoms with Crippen molar-refractivity contribution in [2.24, 2.45) is 35.5 Å². The molecule has 1 saturated heterocycles. The van der Waals surface area contributed by atoms with Crippen LogP contribution in [0.1, 0.15) is 13.3 Å². The summed E-state index contributed by atoms with van der Waals surface area (Å²) in [6, 6.07) is 9.20. The first-order valence-corrected chi connectivity index (χ1v) is 8.94. The van der Waals surface area contributed by atoms with Crippen molar-refractivity contribution in [3.8, 4) is 0 Å². The van der Waals surface area contributed by atoms with Crippen LogP contribution in [0.5, 0.6) is 0 Å². The third kappa shape index (κ3) is 1.98. The van der Waals surface area contributed by atoms with Gasteiger partial charge in [-0.05, 0) is 42.2 Å². The average Bonchev–Trinajstić information content (AvgIpc) is 3.40. The minimum Gasteiger partial charge on any atom is -0.294 e. The number of likely N-dealkylation sites (tertiary alicyclic amines) is 1. The van der Waals surface area contributed by atoms with Gasteiger partial charge in [-0.15, -0.1) is 0 Å². The second-order valence-electron chi connectivity index (χ2n) is 7.68. The molecule has 6 rings (SSSR count). The van der Waals surface area contributed by atoms with E-state index in [0.29, 0.717) is 17.5 Å².